The van der Waals surface area contributed by atoms with Gasteiger partial charge < -0.3 is 0 Å². The van der Waals surface area contributed by atoms with E-state index in [4.69, 9.17) is 0 Å². The van der Waals surface area contributed by atoms with Crippen LogP contribution in [-0.2, 0) is 0 Å². The fourth-order valence-electron chi connectivity index (χ4n) is 0.899. The SMILES string of the molecule is C=Cc1cnsc1C(=C)C(C)C.CC. The van der Waals surface area contributed by atoms with Gasteiger partial charge >= 0.3 is 0 Å². The van der Waals surface area contributed by atoms with Crippen molar-refractivity contribution in [2.45, 2.75) is 27.7 Å². The largest absolute Gasteiger partial charge is 0.200 e. The van der Waals surface area contributed by atoms with Gasteiger partial charge in [-0.1, -0.05) is 46.9 Å². The van der Waals surface area contributed by atoms with Gasteiger partial charge in [0.1, 0.15) is 0 Å². The summed E-state index contributed by atoms with van der Waals surface area (Å²) in [6.07, 6.45) is 3.66. The molecule has 0 unspecified atom stereocenters. The third-order valence-corrected chi connectivity index (χ3v) is 2.70. The van der Waals surface area contributed by atoms with Gasteiger partial charge in [-0.25, -0.2) is 0 Å². The molecule has 1 nitrogen and oxygen atoms in total. The molecule has 0 N–H and O–H groups in total. The zero-order valence-corrected chi connectivity index (χ0v) is 10.3. The molecule has 0 aliphatic carbocycles. The predicted molar refractivity (Wildman–Crippen MR) is 67.4 cm³/mol. The molecular formula is C12H19NS. The summed E-state index contributed by atoms with van der Waals surface area (Å²) in [6, 6.07) is 0. The summed E-state index contributed by atoms with van der Waals surface area (Å²) >= 11 is 1.49. The maximum absolute atomic E-state index is 4.11. The molecule has 0 saturated carbocycles. The highest BCUT2D eigenvalue weighted by molar-refractivity contribution is 7.07. The number of nitrogens with zero attached hydrogens (tertiary/aromatic N) is 1. The Kier molecular flexibility index (Phi) is 6.13. The Morgan fingerprint density at radius 2 is 2.07 bits per heavy atom. The summed E-state index contributed by atoms with van der Waals surface area (Å²) in [7, 11) is 0. The van der Waals surface area contributed by atoms with Gasteiger partial charge in [0.2, 0.25) is 0 Å². The van der Waals surface area contributed by atoms with Crippen molar-refractivity contribution in [2.75, 3.05) is 0 Å². The van der Waals surface area contributed by atoms with E-state index in [9.17, 15) is 0 Å². The molecule has 1 aromatic rings. The first-order valence-corrected chi connectivity index (χ1v) is 5.70. The van der Waals surface area contributed by atoms with Gasteiger partial charge in [-0.2, -0.15) is 4.37 Å². The highest BCUT2D eigenvalue weighted by Gasteiger charge is 2.09. The zero-order chi connectivity index (χ0) is 11.1. The molecule has 0 spiro atoms. The average molecular weight is 209 g/mol. The Balaban J connectivity index is 0.000000791. The van der Waals surface area contributed by atoms with Crippen LogP contribution in [-0.4, -0.2) is 4.37 Å². The number of rotatable bonds is 3. The van der Waals surface area contributed by atoms with Gasteiger partial charge in [0.05, 0.1) is 4.88 Å². The fourth-order valence-corrected chi connectivity index (χ4v) is 1.76. The second-order valence-corrected chi connectivity index (χ2v) is 3.80. The van der Waals surface area contributed by atoms with Gasteiger partial charge in [0.15, 0.2) is 0 Å². The molecular weight excluding hydrogens is 190 g/mol. The minimum Gasteiger partial charge on any atom is -0.200 e. The Morgan fingerprint density at radius 3 is 2.50 bits per heavy atom. The van der Waals surface area contributed by atoms with Crippen molar-refractivity contribution in [1.29, 1.82) is 0 Å². The molecule has 1 heterocycles. The quantitative estimate of drug-likeness (QED) is 0.715. The van der Waals surface area contributed by atoms with Crippen molar-refractivity contribution in [3.63, 3.8) is 0 Å². The average Bonchev–Trinajstić information content (AvgIpc) is 2.67. The molecule has 14 heavy (non-hydrogen) atoms. The van der Waals surface area contributed by atoms with Crippen molar-refractivity contribution < 1.29 is 0 Å². The fraction of sp³-hybridized carbons (Fsp3) is 0.417. The predicted octanol–water partition coefficient (Wildman–Crippen LogP) is 4.48. The lowest BCUT2D eigenvalue weighted by Gasteiger charge is -2.06. The Morgan fingerprint density at radius 1 is 1.50 bits per heavy atom. The van der Waals surface area contributed by atoms with Gasteiger partial charge in [-0.3, -0.25) is 0 Å². The van der Waals surface area contributed by atoms with Crippen LogP contribution in [0.15, 0.2) is 19.4 Å². The summed E-state index contributed by atoms with van der Waals surface area (Å²) in [5.41, 5.74) is 2.24. The molecule has 0 aromatic carbocycles. The van der Waals surface area contributed by atoms with E-state index in [1.54, 1.807) is 0 Å². The monoisotopic (exact) mass is 209 g/mol. The van der Waals surface area contributed by atoms with E-state index in [1.807, 2.05) is 26.1 Å². The summed E-state index contributed by atoms with van der Waals surface area (Å²) in [6.45, 7) is 16.0. The van der Waals surface area contributed by atoms with Crippen molar-refractivity contribution in [1.82, 2.24) is 4.37 Å². The van der Waals surface area contributed by atoms with Crippen LogP contribution in [0.5, 0.6) is 0 Å². The first-order valence-electron chi connectivity index (χ1n) is 4.93. The molecule has 0 radical (unpaired) electrons. The molecule has 0 aliphatic heterocycles. The second kappa shape index (κ2) is 6.55. The molecule has 2 heteroatoms. The Bertz CT molecular complexity index is 297. The minimum atomic E-state index is 0.476. The lowest BCUT2D eigenvalue weighted by molar-refractivity contribution is 0.860. The minimum absolute atomic E-state index is 0.476. The van der Waals surface area contributed by atoms with Crippen molar-refractivity contribution in [3.8, 4) is 0 Å². The second-order valence-electron chi connectivity index (χ2n) is 2.99. The lowest BCUT2D eigenvalue weighted by Crippen LogP contribution is -1.90. The number of allylic oxidation sites excluding steroid dienone is 1. The summed E-state index contributed by atoms with van der Waals surface area (Å²) < 4.78 is 4.11. The third-order valence-electron chi connectivity index (χ3n) is 1.81. The van der Waals surface area contributed by atoms with Crippen LogP contribution in [0.4, 0.5) is 0 Å². The van der Waals surface area contributed by atoms with Crippen molar-refractivity contribution in [2.24, 2.45) is 5.92 Å². The topological polar surface area (TPSA) is 12.9 Å². The summed E-state index contributed by atoms with van der Waals surface area (Å²) in [5.74, 6) is 0.476. The summed E-state index contributed by atoms with van der Waals surface area (Å²) in [4.78, 5) is 1.17. The van der Waals surface area contributed by atoms with Crippen LogP contribution in [0.25, 0.3) is 11.6 Å². The van der Waals surface area contributed by atoms with E-state index in [0.29, 0.717) is 5.92 Å². The molecule has 0 bridgehead atoms. The molecule has 0 amide bonds. The third kappa shape index (κ3) is 3.11. The van der Waals surface area contributed by atoms with Crippen LogP contribution < -0.4 is 0 Å². The first-order chi connectivity index (χ1) is 6.66. The standard InChI is InChI=1S/C10H13NS.C2H6/c1-5-9-6-11-12-10(9)8(4)7(2)3;1-2/h5-7H,1,4H2,2-3H3;1-2H3. The molecule has 0 atom stereocenters. The normalized spacial score (nSPS) is 9.21. The van der Waals surface area contributed by atoms with Crippen LogP contribution in [0.2, 0.25) is 0 Å². The Labute approximate surface area is 91.3 Å². The van der Waals surface area contributed by atoms with Crippen LogP contribution in [0.3, 0.4) is 0 Å². The van der Waals surface area contributed by atoms with Gasteiger partial charge in [-0.05, 0) is 23.0 Å². The van der Waals surface area contributed by atoms with Crippen LogP contribution in [0.1, 0.15) is 38.1 Å². The summed E-state index contributed by atoms with van der Waals surface area (Å²) in [5, 5.41) is 0. The van der Waals surface area contributed by atoms with Crippen molar-refractivity contribution in [3.05, 3.63) is 29.8 Å². The molecule has 1 rings (SSSR count). The van der Waals surface area contributed by atoms with E-state index >= 15 is 0 Å². The number of aromatic nitrogens is 1. The smallest absolute Gasteiger partial charge is 0.0578 e. The van der Waals surface area contributed by atoms with Gasteiger partial charge in [-0.15, -0.1) is 0 Å². The van der Waals surface area contributed by atoms with E-state index in [0.717, 1.165) is 11.1 Å². The molecule has 0 aliphatic rings. The van der Waals surface area contributed by atoms with E-state index < -0.39 is 0 Å². The molecule has 1 aromatic heterocycles. The Hall–Kier alpha value is -0.890. The van der Waals surface area contributed by atoms with Gasteiger partial charge in [0.25, 0.3) is 0 Å². The lowest BCUT2D eigenvalue weighted by atomic mass is 10.0. The molecule has 78 valence electrons. The highest BCUT2D eigenvalue weighted by atomic mass is 32.1. The van der Waals surface area contributed by atoms with Gasteiger partial charge in [0, 0.05) is 11.8 Å². The van der Waals surface area contributed by atoms with E-state index in [-0.39, 0.29) is 0 Å². The molecule has 0 saturated heterocycles. The first kappa shape index (κ1) is 13.1. The van der Waals surface area contributed by atoms with Crippen molar-refractivity contribution >= 4 is 23.2 Å². The van der Waals surface area contributed by atoms with Crippen LogP contribution in [0, 0.1) is 5.92 Å². The maximum Gasteiger partial charge on any atom is 0.0578 e. The van der Waals surface area contributed by atoms with E-state index in [2.05, 4.69) is 31.4 Å². The number of hydrogen-bond donors (Lipinski definition) is 0. The maximum atomic E-state index is 4.11. The molecule has 0 fully saturated rings. The highest BCUT2D eigenvalue weighted by Crippen LogP contribution is 2.27. The van der Waals surface area contributed by atoms with E-state index in [1.165, 1.54) is 16.4 Å². The zero-order valence-electron chi connectivity index (χ0n) is 9.50. The number of hydrogen-bond acceptors (Lipinski definition) is 2. The van der Waals surface area contributed by atoms with Crippen LogP contribution >= 0.6 is 11.5 Å².